The van der Waals surface area contributed by atoms with E-state index in [9.17, 15) is 9.18 Å². The molecular weight excluding hydrogens is 427 g/mol. The van der Waals surface area contributed by atoms with Crippen LogP contribution in [0.1, 0.15) is 11.3 Å². The van der Waals surface area contributed by atoms with Crippen LogP contribution in [0.5, 0.6) is 5.75 Å². The van der Waals surface area contributed by atoms with E-state index in [1.165, 1.54) is 27.5 Å². The summed E-state index contributed by atoms with van der Waals surface area (Å²) in [6.45, 7) is 0.461. The van der Waals surface area contributed by atoms with E-state index in [4.69, 9.17) is 9.47 Å². The van der Waals surface area contributed by atoms with Gasteiger partial charge in [-0.2, -0.15) is 9.61 Å². The lowest BCUT2D eigenvalue weighted by Crippen LogP contribution is -2.23. The molecule has 0 saturated heterocycles. The fourth-order valence-electron chi connectivity index (χ4n) is 3.78. The van der Waals surface area contributed by atoms with Crippen LogP contribution in [0, 0.1) is 5.82 Å². The van der Waals surface area contributed by atoms with Crippen LogP contribution in [0.2, 0.25) is 0 Å². The average Bonchev–Trinajstić information content (AvgIpc) is 3.20. The van der Waals surface area contributed by atoms with E-state index in [2.05, 4.69) is 20.3 Å². The molecule has 0 atom stereocenters. The van der Waals surface area contributed by atoms with E-state index in [1.54, 1.807) is 26.4 Å². The Hall–Kier alpha value is -4.18. The molecule has 3 aromatic heterocycles. The standard InChI is InChI=1S/C23H19FN6O3/c1-32-12-17-19(14-7-9-16(24)10-8-14)21-27-26-20-22(30(21)28-17)25-13-29(23(20)31)11-15-5-3-4-6-18(15)33-2/h3-10,13H,11-12H2,1-2H3. The zero-order valence-electron chi connectivity index (χ0n) is 17.9. The molecule has 0 aliphatic rings. The van der Waals surface area contributed by atoms with Gasteiger partial charge in [-0.25, -0.2) is 9.37 Å². The van der Waals surface area contributed by atoms with Gasteiger partial charge in [-0.15, -0.1) is 10.2 Å². The van der Waals surface area contributed by atoms with Crippen LogP contribution in [0.25, 0.3) is 27.9 Å². The van der Waals surface area contributed by atoms with Gasteiger partial charge in [0, 0.05) is 12.7 Å². The number of nitrogens with zero attached hydrogens (tertiary/aromatic N) is 6. The Bertz CT molecular complexity index is 1530. The van der Waals surface area contributed by atoms with Gasteiger partial charge in [0.2, 0.25) is 0 Å². The third kappa shape index (κ3) is 3.60. The number of para-hydroxylation sites is 1. The number of rotatable bonds is 6. The predicted molar refractivity (Wildman–Crippen MR) is 119 cm³/mol. The van der Waals surface area contributed by atoms with Crippen molar-refractivity contribution in [1.82, 2.24) is 29.4 Å². The van der Waals surface area contributed by atoms with E-state index in [-0.39, 0.29) is 35.7 Å². The van der Waals surface area contributed by atoms with Crippen molar-refractivity contribution in [3.05, 3.63) is 82.3 Å². The summed E-state index contributed by atoms with van der Waals surface area (Å²) in [6, 6.07) is 13.4. The van der Waals surface area contributed by atoms with E-state index < -0.39 is 0 Å². The monoisotopic (exact) mass is 446 g/mol. The second kappa shape index (κ2) is 8.40. The third-order valence-electron chi connectivity index (χ3n) is 5.32. The second-order valence-corrected chi connectivity index (χ2v) is 7.36. The zero-order valence-corrected chi connectivity index (χ0v) is 17.9. The molecule has 33 heavy (non-hydrogen) atoms. The molecule has 3 heterocycles. The molecule has 0 N–H and O–H groups in total. The fraction of sp³-hybridized carbons (Fsp3) is 0.174. The molecule has 0 saturated carbocycles. The first-order valence-corrected chi connectivity index (χ1v) is 10.1. The van der Waals surface area contributed by atoms with Crippen LogP contribution >= 0.6 is 0 Å². The number of hydrogen-bond acceptors (Lipinski definition) is 7. The third-order valence-corrected chi connectivity index (χ3v) is 5.32. The first-order valence-electron chi connectivity index (χ1n) is 10.1. The molecule has 0 fully saturated rings. The zero-order chi connectivity index (χ0) is 22.9. The van der Waals surface area contributed by atoms with Crippen molar-refractivity contribution in [2.45, 2.75) is 13.2 Å². The Morgan fingerprint density at radius 3 is 2.55 bits per heavy atom. The molecule has 0 aliphatic carbocycles. The molecule has 10 heteroatoms. The maximum atomic E-state index is 13.5. The Morgan fingerprint density at radius 2 is 1.79 bits per heavy atom. The average molecular weight is 446 g/mol. The van der Waals surface area contributed by atoms with Gasteiger partial charge in [0.15, 0.2) is 16.8 Å². The lowest BCUT2D eigenvalue weighted by molar-refractivity contribution is 0.181. The van der Waals surface area contributed by atoms with E-state index >= 15 is 0 Å². The summed E-state index contributed by atoms with van der Waals surface area (Å²) in [5, 5.41) is 13.0. The van der Waals surface area contributed by atoms with Gasteiger partial charge >= 0.3 is 0 Å². The van der Waals surface area contributed by atoms with Crippen molar-refractivity contribution >= 4 is 16.8 Å². The number of aromatic nitrogens is 6. The molecule has 0 spiro atoms. The Morgan fingerprint density at radius 1 is 1.00 bits per heavy atom. The van der Waals surface area contributed by atoms with E-state index in [0.29, 0.717) is 28.2 Å². The predicted octanol–water partition coefficient (Wildman–Crippen LogP) is 2.84. The summed E-state index contributed by atoms with van der Waals surface area (Å²) in [7, 11) is 3.13. The lowest BCUT2D eigenvalue weighted by Gasteiger charge is -2.10. The molecule has 0 aliphatic heterocycles. The smallest absolute Gasteiger partial charge is 0.283 e. The highest BCUT2D eigenvalue weighted by atomic mass is 19.1. The molecule has 0 radical (unpaired) electrons. The minimum atomic E-state index is -0.354. The Balaban J connectivity index is 1.67. The van der Waals surface area contributed by atoms with Crippen molar-refractivity contribution < 1.29 is 13.9 Å². The van der Waals surface area contributed by atoms with Gasteiger partial charge in [-0.1, -0.05) is 30.3 Å². The first kappa shape index (κ1) is 20.7. The number of hydrogen-bond donors (Lipinski definition) is 0. The second-order valence-electron chi connectivity index (χ2n) is 7.36. The van der Waals surface area contributed by atoms with Gasteiger partial charge in [0.05, 0.1) is 31.5 Å². The van der Waals surface area contributed by atoms with Crippen LogP contribution < -0.4 is 10.3 Å². The summed E-state index contributed by atoms with van der Waals surface area (Å²) in [4.78, 5) is 17.6. The molecule has 5 aromatic rings. The molecule has 0 amide bonds. The van der Waals surface area contributed by atoms with Gasteiger partial charge in [-0.05, 0) is 23.8 Å². The molecule has 166 valence electrons. The topological polar surface area (TPSA) is 96.4 Å². The molecule has 2 aromatic carbocycles. The Kier molecular flexibility index (Phi) is 5.27. The largest absolute Gasteiger partial charge is 0.496 e. The lowest BCUT2D eigenvalue weighted by atomic mass is 10.1. The molecule has 5 rings (SSSR count). The highest BCUT2D eigenvalue weighted by Gasteiger charge is 2.20. The molecule has 9 nitrogen and oxygen atoms in total. The SMILES string of the molecule is COCc1nn2c(nnc3c(=O)n(Cc4ccccc4OC)cnc32)c1-c1ccc(F)cc1. The van der Waals surface area contributed by atoms with Gasteiger partial charge in [-0.3, -0.25) is 9.36 Å². The summed E-state index contributed by atoms with van der Waals surface area (Å²) in [5.74, 6) is 0.323. The number of fused-ring (bicyclic) bond motifs is 3. The molecule has 0 bridgehead atoms. The fourth-order valence-corrected chi connectivity index (χ4v) is 3.78. The highest BCUT2D eigenvalue weighted by molar-refractivity contribution is 5.83. The van der Waals surface area contributed by atoms with Gasteiger partial charge in [0.1, 0.15) is 17.9 Å². The quantitative estimate of drug-likeness (QED) is 0.396. The van der Waals surface area contributed by atoms with Crippen molar-refractivity contribution in [3.8, 4) is 16.9 Å². The van der Waals surface area contributed by atoms with Crippen LogP contribution in [-0.4, -0.2) is 43.6 Å². The maximum absolute atomic E-state index is 13.5. The van der Waals surface area contributed by atoms with Crippen LogP contribution in [0.15, 0.2) is 59.7 Å². The number of halogens is 1. The number of benzene rings is 2. The normalized spacial score (nSPS) is 11.4. The molecular formula is C23H19FN6O3. The maximum Gasteiger partial charge on any atom is 0.283 e. The minimum Gasteiger partial charge on any atom is -0.496 e. The molecule has 0 unspecified atom stereocenters. The van der Waals surface area contributed by atoms with Gasteiger partial charge in [0.25, 0.3) is 5.56 Å². The summed E-state index contributed by atoms with van der Waals surface area (Å²) in [5.41, 5.74) is 3.15. The van der Waals surface area contributed by atoms with Crippen molar-refractivity contribution in [1.29, 1.82) is 0 Å². The summed E-state index contributed by atoms with van der Waals surface area (Å²) >= 11 is 0. The van der Waals surface area contributed by atoms with E-state index in [0.717, 1.165) is 5.56 Å². The number of ether oxygens (including phenoxy) is 2. The van der Waals surface area contributed by atoms with Crippen LogP contribution in [-0.2, 0) is 17.9 Å². The van der Waals surface area contributed by atoms with E-state index in [1.807, 2.05) is 24.3 Å². The summed E-state index contributed by atoms with van der Waals surface area (Å²) in [6.07, 6.45) is 1.45. The van der Waals surface area contributed by atoms with Crippen molar-refractivity contribution in [2.75, 3.05) is 14.2 Å². The Labute approximate surface area is 187 Å². The summed E-state index contributed by atoms with van der Waals surface area (Å²) < 4.78 is 27.0. The van der Waals surface area contributed by atoms with Gasteiger partial charge < -0.3 is 9.47 Å². The van der Waals surface area contributed by atoms with Crippen molar-refractivity contribution in [3.63, 3.8) is 0 Å². The van der Waals surface area contributed by atoms with Crippen molar-refractivity contribution in [2.24, 2.45) is 0 Å². The van der Waals surface area contributed by atoms with Crippen LogP contribution in [0.4, 0.5) is 4.39 Å². The highest BCUT2D eigenvalue weighted by Crippen LogP contribution is 2.29. The number of methoxy groups -OCH3 is 2. The minimum absolute atomic E-state index is 0.0806. The first-order chi connectivity index (χ1) is 16.1. The van der Waals surface area contributed by atoms with Crippen LogP contribution in [0.3, 0.4) is 0 Å².